The molecule has 0 amide bonds. The molecule has 0 unspecified atom stereocenters. The lowest BCUT2D eigenvalue weighted by atomic mass is 10.2. The molecule has 1 aromatic heterocycles. The highest BCUT2D eigenvalue weighted by Gasteiger charge is 2.10. The van der Waals surface area contributed by atoms with E-state index >= 15 is 0 Å². The Labute approximate surface area is 105 Å². The van der Waals surface area contributed by atoms with Crippen LogP contribution in [0.3, 0.4) is 0 Å². The molecule has 1 heterocycles. The molecule has 0 aromatic carbocycles. The number of rotatable bonds is 9. The monoisotopic (exact) mass is 238 g/mol. The molecular weight excluding hydrogens is 212 g/mol. The molecular formula is C14H26N2O. The van der Waals surface area contributed by atoms with Crippen LogP contribution >= 0.6 is 0 Å². The van der Waals surface area contributed by atoms with E-state index in [0.717, 1.165) is 31.0 Å². The molecule has 2 N–H and O–H groups in total. The predicted molar refractivity (Wildman–Crippen MR) is 71.7 cm³/mol. The predicted octanol–water partition coefficient (Wildman–Crippen LogP) is 3.14. The Balaban J connectivity index is 2.51. The Morgan fingerprint density at radius 2 is 1.82 bits per heavy atom. The summed E-state index contributed by atoms with van der Waals surface area (Å²) in [7, 11) is 0. The first-order chi connectivity index (χ1) is 8.31. The Hall–Kier alpha value is -0.800. The van der Waals surface area contributed by atoms with Gasteiger partial charge < -0.3 is 10.2 Å². The smallest absolute Gasteiger partial charge is 0.122 e. The SMILES string of the molecule is CCCCN(CCCC)Cc1occc1CN. The second-order valence-corrected chi connectivity index (χ2v) is 4.56. The molecule has 0 aliphatic carbocycles. The third-order valence-corrected chi connectivity index (χ3v) is 3.08. The van der Waals surface area contributed by atoms with E-state index in [4.69, 9.17) is 10.2 Å². The van der Waals surface area contributed by atoms with Gasteiger partial charge in [0.15, 0.2) is 0 Å². The third-order valence-electron chi connectivity index (χ3n) is 3.08. The number of hydrogen-bond donors (Lipinski definition) is 1. The molecule has 0 bridgehead atoms. The van der Waals surface area contributed by atoms with Crippen LogP contribution in [0.4, 0.5) is 0 Å². The fraction of sp³-hybridized carbons (Fsp3) is 0.714. The van der Waals surface area contributed by atoms with E-state index in [1.165, 1.54) is 25.7 Å². The first kappa shape index (κ1) is 14.3. The van der Waals surface area contributed by atoms with Gasteiger partial charge in [0.05, 0.1) is 12.8 Å². The van der Waals surface area contributed by atoms with Gasteiger partial charge in [-0.05, 0) is 32.0 Å². The van der Waals surface area contributed by atoms with E-state index in [1.807, 2.05) is 6.07 Å². The summed E-state index contributed by atoms with van der Waals surface area (Å²) in [5, 5.41) is 0. The standard InChI is InChI=1S/C14H26N2O/c1-3-5-8-16(9-6-4-2)12-14-13(11-15)7-10-17-14/h7,10H,3-6,8-9,11-12,15H2,1-2H3. The molecule has 1 aromatic rings. The average Bonchev–Trinajstić information content (AvgIpc) is 2.79. The molecule has 3 nitrogen and oxygen atoms in total. The fourth-order valence-corrected chi connectivity index (χ4v) is 1.92. The summed E-state index contributed by atoms with van der Waals surface area (Å²) in [6.45, 7) is 8.25. The van der Waals surface area contributed by atoms with Crippen molar-refractivity contribution >= 4 is 0 Å². The normalized spacial score (nSPS) is 11.3. The largest absolute Gasteiger partial charge is 0.468 e. The number of nitrogens with two attached hydrogens (primary N) is 1. The highest BCUT2D eigenvalue weighted by molar-refractivity contribution is 5.16. The van der Waals surface area contributed by atoms with E-state index < -0.39 is 0 Å². The van der Waals surface area contributed by atoms with Gasteiger partial charge in [-0.1, -0.05) is 26.7 Å². The Kier molecular flexibility index (Phi) is 6.97. The number of hydrogen-bond acceptors (Lipinski definition) is 3. The van der Waals surface area contributed by atoms with Crippen LogP contribution < -0.4 is 5.73 Å². The van der Waals surface area contributed by atoms with Crippen LogP contribution in [0.1, 0.15) is 50.9 Å². The van der Waals surface area contributed by atoms with Crippen molar-refractivity contribution in [3.8, 4) is 0 Å². The molecule has 0 spiro atoms. The summed E-state index contributed by atoms with van der Waals surface area (Å²) in [6.07, 6.45) is 6.73. The lowest BCUT2D eigenvalue weighted by Gasteiger charge is -2.21. The maximum atomic E-state index is 5.69. The van der Waals surface area contributed by atoms with Gasteiger partial charge >= 0.3 is 0 Å². The summed E-state index contributed by atoms with van der Waals surface area (Å²) < 4.78 is 5.52. The zero-order chi connectivity index (χ0) is 12.5. The first-order valence-electron chi connectivity index (χ1n) is 6.79. The van der Waals surface area contributed by atoms with Crippen LogP contribution in [0.25, 0.3) is 0 Å². The molecule has 0 saturated carbocycles. The van der Waals surface area contributed by atoms with Gasteiger partial charge in [-0.2, -0.15) is 0 Å². The van der Waals surface area contributed by atoms with Crippen LogP contribution in [0.5, 0.6) is 0 Å². The van der Waals surface area contributed by atoms with Crippen molar-refractivity contribution in [3.05, 3.63) is 23.7 Å². The quantitative estimate of drug-likeness (QED) is 0.718. The van der Waals surface area contributed by atoms with Crippen molar-refractivity contribution in [2.45, 2.75) is 52.6 Å². The van der Waals surface area contributed by atoms with Crippen LogP contribution in [-0.4, -0.2) is 18.0 Å². The van der Waals surface area contributed by atoms with Crippen molar-refractivity contribution in [2.75, 3.05) is 13.1 Å². The summed E-state index contributed by atoms with van der Waals surface area (Å²) in [4.78, 5) is 2.48. The maximum absolute atomic E-state index is 5.69. The second kappa shape index (κ2) is 8.31. The zero-order valence-electron chi connectivity index (χ0n) is 11.2. The Morgan fingerprint density at radius 1 is 1.18 bits per heavy atom. The second-order valence-electron chi connectivity index (χ2n) is 4.56. The van der Waals surface area contributed by atoms with Crippen molar-refractivity contribution in [3.63, 3.8) is 0 Å². The van der Waals surface area contributed by atoms with Gasteiger partial charge in [0.1, 0.15) is 5.76 Å². The molecule has 0 aliphatic rings. The van der Waals surface area contributed by atoms with Crippen molar-refractivity contribution in [2.24, 2.45) is 5.73 Å². The van der Waals surface area contributed by atoms with E-state index in [1.54, 1.807) is 6.26 Å². The van der Waals surface area contributed by atoms with Gasteiger partial charge in [-0.15, -0.1) is 0 Å². The molecule has 17 heavy (non-hydrogen) atoms. The van der Waals surface area contributed by atoms with Gasteiger partial charge in [-0.3, -0.25) is 4.90 Å². The summed E-state index contributed by atoms with van der Waals surface area (Å²) in [6, 6.07) is 1.98. The van der Waals surface area contributed by atoms with Crippen LogP contribution in [0.2, 0.25) is 0 Å². The van der Waals surface area contributed by atoms with E-state index in [2.05, 4.69) is 18.7 Å². The molecule has 0 saturated heterocycles. The van der Waals surface area contributed by atoms with Crippen LogP contribution in [0, 0.1) is 0 Å². The van der Waals surface area contributed by atoms with E-state index in [0.29, 0.717) is 6.54 Å². The van der Waals surface area contributed by atoms with Gasteiger partial charge in [0.25, 0.3) is 0 Å². The summed E-state index contributed by atoms with van der Waals surface area (Å²) in [5.41, 5.74) is 6.83. The lowest BCUT2D eigenvalue weighted by molar-refractivity contribution is 0.235. The van der Waals surface area contributed by atoms with E-state index in [-0.39, 0.29) is 0 Å². The zero-order valence-corrected chi connectivity index (χ0v) is 11.2. The van der Waals surface area contributed by atoms with Gasteiger partial charge in [-0.25, -0.2) is 0 Å². The van der Waals surface area contributed by atoms with Crippen molar-refractivity contribution in [1.29, 1.82) is 0 Å². The first-order valence-corrected chi connectivity index (χ1v) is 6.79. The third kappa shape index (κ3) is 4.92. The van der Waals surface area contributed by atoms with Gasteiger partial charge in [0, 0.05) is 12.1 Å². The minimum atomic E-state index is 0.571. The molecule has 0 aliphatic heterocycles. The number of furan rings is 1. The van der Waals surface area contributed by atoms with Crippen molar-refractivity contribution in [1.82, 2.24) is 4.90 Å². The van der Waals surface area contributed by atoms with Crippen LogP contribution in [-0.2, 0) is 13.1 Å². The lowest BCUT2D eigenvalue weighted by Crippen LogP contribution is -2.26. The molecule has 0 fully saturated rings. The molecule has 98 valence electrons. The number of nitrogens with zero attached hydrogens (tertiary/aromatic N) is 1. The topological polar surface area (TPSA) is 42.4 Å². The molecule has 0 atom stereocenters. The average molecular weight is 238 g/mol. The molecule has 3 heteroatoms. The van der Waals surface area contributed by atoms with Crippen molar-refractivity contribution < 1.29 is 4.42 Å². The Bertz CT molecular complexity index is 288. The highest BCUT2D eigenvalue weighted by Crippen LogP contribution is 2.13. The summed E-state index contributed by atoms with van der Waals surface area (Å²) >= 11 is 0. The maximum Gasteiger partial charge on any atom is 0.122 e. The van der Waals surface area contributed by atoms with Crippen LogP contribution in [0.15, 0.2) is 16.7 Å². The molecule has 0 radical (unpaired) electrons. The highest BCUT2D eigenvalue weighted by atomic mass is 16.3. The summed E-state index contributed by atoms with van der Waals surface area (Å²) in [5.74, 6) is 1.04. The minimum Gasteiger partial charge on any atom is -0.468 e. The van der Waals surface area contributed by atoms with E-state index in [9.17, 15) is 0 Å². The Morgan fingerprint density at radius 3 is 2.35 bits per heavy atom. The van der Waals surface area contributed by atoms with Gasteiger partial charge in [0.2, 0.25) is 0 Å². The number of unbranched alkanes of at least 4 members (excludes halogenated alkanes) is 2. The minimum absolute atomic E-state index is 0.571. The fourth-order valence-electron chi connectivity index (χ4n) is 1.92. The molecule has 1 rings (SSSR count).